The highest BCUT2D eigenvalue weighted by Crippen LogP contribution is 2.29. The largest absolute Gasteiger partial charge is 0.381 e. The number of benzene rings is 1. The molecular formula is C14H18N4. The van der Waals surface area contributed by atoms with Crippen molar-refractivity contribution >= 4 is 5.69 Å². The minimum atomic E-state index is 0.441. The molecule has 0 fully saturated rings. The zero-order valence-corrected chi connectivity index (χ0v) is 10.8. The van der Waals surface area contributed by atoms with E-state index < -0.39 is 0 Å². The van der Waals surface area contributed by atoms with Gasteiger partial charge in [0.05, 0.1) is 5.69 Å². The molecule has 0 aliphatic carbocycles. The quantitative estimate of drug-likeness (QED) is 0.876. The van der Waals surface area contributed by atoms with Gasteiger partial charge in [0.15, 0.2) is 0 Å². The lowest BCUT2D eigenvalue weighted by Crippen LogP contribution is -2.35. The van der Waals surface area contributed by atoms with Crippen LogP contribution >= 0.6 is 0 Å². The standard InChI is InChI=1S/C14H18N4/c1-10-7-11-5-3-4-6-13(11)15-14(10)8-12-9-18(2)17-16-12/h3-6,9-10,14-15H,7-8H2,1-2H3. The highest BCUT2D eigenvalue weighted by Gasteiger charge is 2.25. The predicted molar refractivity (Wildman–Crippen MR) is 71.4 cm³/mol. The van der Waals surface area contributed by atoms with Gasteiger partial charge >= 0.3 is 0 Å². The van der Waals surface area contributed by atoms with Crippen LogP contribution in [0.1, 0.15) is 18.2 Å². The molecule has 3 rings (SSSR count). The number of para-hydroxylation sites is 1. The monoisotopic (exact) mass is 242 g/mol. The number of nitrogens with zero attached hydrogens (tertiary/aromatic N) is 3. The van der Waals surface area contributed by atoms with E-state index in [-0.39, 0.29) is 0 Å². The molecule has 1 aromatic carbocycles. The molecule has 0 radical (unpaired) electrons. The van der Waals surface area contributed by atoms with Gasteiger partial charge in [0, 0.05) is 31.4 Å². The fourth-order valence-electron chi connectivity index (χ4n) is 2.64. The fraction of sp³-hybridized carbons (Fsp3) is 0.429. The van der Waals surface area contributed by atoms with Gasteiger partial charge in [-0.15, -0.1) is 5.10 Å². The summed E-state index contributed by atoms with van der Waals surface area (Å²) >= 11 is 0. The average Bonchev–Trinajstić information content (AvgIpc) is 2.76. The maximum atomic E-state index is 4.17. The number of hydrogen-bond acceptors (Lipinski definition) is 3. The van der Waals surface area contributed by atoms with Crippen molar-refractivity contribution in [2.75, 3.05) is 5.32 Å². The Hall–Kier alpha value is -1.84. The molecule has 1 aliphatic rings. The summed E-state index contributed by atoms with van der Waals surface area (Å²) in [4.78, 5) is 0. The molecule has 0 saturated heterocycles. The fourth-order valence-corrected chi connectivity index (χ4v) is 2.64. The van der Waals surface area contributed by atoms with Crippen LogP contribution in [0.4, 0.5) is 5.69 Å². The van der Waals surface area contributed by atoms with Crippen molar-refractivity contribution in [3.63, 3.8) is 0 Å². The first kappa shape index (κ1) is 11.3. The molecule has 2 aromatic rings. The summed E-state index contributed by atoms with van der Waals surface area (Å²) in [5.41, 5.74) is 3.74. The van der Waals surface area contributed by atoms with Gasteiger partial charge in [0.1, 0.15) is 0 Å². The third-order valence-corrected chi connectivity index (χ3v) is 3.67. The molecule has 4 nitrogen and oxygen atoms in total. The Labute approximate surface area is 107 Å². The minimum absolute atomic E-state index is 0.441. The maximum Gasteiger partial charge on any atom is 0.0847 e. The van der Waals surface area contributed by atoms with Crippen LogP contribution in [0.5, 0.6) is 0 Å². The highest BCUT2D eigenvalue weighted by atomic mass is 15.4. The summed E-state index contributed by atoms with van der Waals surface area (Å²) in [5, 5.41) is 11.8. The van der Waals surface area contributed by atoms with Crippen molar-refractivity contribution < 1.29 is 0 Å². The lowest BCUT2D eigenvalue weighted by atomic mass is 9.86. The van der Waals surface area contributed by atoms with E-state index in [0.29, 0.717) is 12.0 Å². The van der Waals surface area contributed by atoms with Gasteiger partial charge in [-0.05, 0) is 24.0 Å². The van der Waals surface area contributed by atoms with E-state index in [9.17, 15) is 0 Å². The van der Waals surface area contributed by atoms with Crippen LogP contribution in [0.3, 0.4) is 0 Å². The molecule has 0 saturated carbocycles. The van der Waals surface area contributed by atoms with Crippen LogP contribution < -0.4 is 5.32 Å². The van der Waals surface area contributed by atoms with Gasteiger partial charge < -0.3 is 5.32 Å². The molecule has 2 unspecified atom stereocenters. The van der Waals surface area contributed by atoms with E-state index in [4.69, 9.17) is 0 Å². The van der Waals surface area contributed by atoms with Crippen LogP contribution in [-0.4, -0.2) is 21.0 Å². The van der Waals surface area contributed by atoms with Gasteiger partial charge in [-0.25, -0.2) is 0 Å². The predicted octanol–water partition coefficient (Wildman–Crippen LogP) is 2.03. The molecular weight excluding hydrogens is 224 g/mol. The minimum Gasteiger partial charge on any atom is -0.381 e. The van der Waals surface area contributed by atoms with Crippen molar-refractivity contribution in [2.24, 2.45) is 13.0 Å². The lowest BCUT2D eigenvalue weighted by molar-refractivity contribution is 0.458. The van der Waals surface area contributed by atoms with Crippen molar-refractivity contribution in [1.82, 2.24) is 15.0 Å². The summed E-state index contributed by atoms with van der Waals surface area (Å²) < 4.78 is 1.76. The maximum absolute atomic E-state index is 4.17. The number of aryl methyl sites for hydroxylation is 1. The summed E-state index contributed by atoms with van der Waals surface area (Å²) in [5.74, 6) is 0.613. The lowest BCUT2D eigenvalue weighted by Gasteiger charge is -2.32. The van der Waals surface area contributed by atoms with Crippen molar-refractivity contribution in [3.05, 3.63) is 41.7 Å². The van der Waals surface area contributed by atoms with Crippen molar-refractivity contribution in [3.8, 4) is 0 Å². The van der Waals surface area contributed by atoms with E-state index >= 15 is 0 Å². The number of nitrogens with one attached hydrogen (secondary N) is 1. The van der Waals surface area contributed by atoms with E-state index in [2.05, 4.69) is 46.8 Å². The Morgan fingerprint density at radius 1 is 1.39 bits per heavy atom. The number of aromatic nitrogens is 3. The van der Waals surface area contributed by atoms with Gasteiger partial charge in [-0.1, -0.05) is 30.3 Å². The molecule has 0 bridgehead atoms. The van der Waals surface area contributed by atoms with Gasteiger partial charge in [0.2, 0.25) is 0 Å². The molecule has 94 valence electrons. The van der Waals surface area contributed by atoms with E-state index in [1.54, 1.807) is 4.68 Å². The second kappa shape index (κ2) is 4.44. The van der Waals surface area contributed by atoms with Gasteiger partial charge in [-0.2, -0.15) is 0 Å². The Kier molecular flexibility index (Phi) is 2.78. The Morgan fingerprint density at radius 2 is 2.22 bits per heavy atom. The second-order valence-electron chi connectivity index (χ2n) is 5.18. The summed E-state index contributed by atoms with van der Waals surface area (Å²) in [6, 6.07) is 9.00. The van der Waals surface area contributed by atoms with E-state index in [1.165, 1.54) is 11.3 Å². The van der Waals surface area contributed by atoms with Crippen LogP contribution in [-0.2, 0) is 19.9 Å². The smallest absolute Gasteiger partial charge is 0.0847 e. The first-order valence-corrected chi connectivity index (χ1v) is 6.42. The summed E-state index contributed by atoms with van der Waals surface area (Å²) in [7, 11) is 1.91. The number of hydrogen-bond donors (Lipinski definition) is 1. The van der Waals surface area contributed by atoms with Crippen LogP contribution in [0.15, 0.2) is 30.5 Å². The zero-order valence-electron chi connectivity index (χ0n) is 10.8. The first-order valence-electron chi connectivity index (χ1n) is 6.42. The Morgan fingerprint density at radius 3 is 3.00 bits per heavy atom. The molecule has 4 heteroatoms. The Balaban J connectivity index is 1.78. The molecule has 2 atom stereocenters. The topological polar surface area (TPSA) is 42.7 Å². The molecule has 0 amide bonds. The molecule has 0 spiro atoms. The molecule has 2 heterocycles. The van der Waals surface area contributed by atoms with Crippen molar-refractivity contribution in [1.29, 1.82) is 0 Å². The number of anilines is 1. The normalized spacial score (nSPS) is 22.3. The summed E-state index contributed by atoms with van der Waals surface area (Å²) in [6.07, 6.45) is 4.06. The molecule has 18 heavy (non-hydrogen) atoms. The number of rotatable bonds is 2. The molecule has 1 N–H and O–H groups in total. The summed E-state index contributed by atoms with van der Waals surface area (Å²) in [6.45, 7) is 2.30. The average molecular weight is 242 g/mol. The van der Waals surface area contributed by atoms with Gasteiger partial charge in [-0.3, -0.25) is 4.68 Å². The second-order valence-corrected chi connectivity index (χ2v) is 5.18. The third-order valence-electron chi connectivity index (χ3n) is 3.67. The third kappa shape index (κ3) is 2.10. The van der Waals surface area contributed by atoms with Crippen molar-refractivity contribution in [2.45, 2.75) is 25.8 Å². The Bertz CT molecular complexity index is 546. The van der Waals surface area contributed by atoms with Crippen LogP contribution in [0.25, 0.3) is 0 Å². The highest BCUT2D eigenvalue weighted by molar-refractivity contribution is 5.54. The molecule has 1 aromatic heterocycles. The SMILES string of the molecule is CC1Cc2ccccc2NC1Cc1cn(C)nn1. The van der Waals surface area contributed by atoms with E-state index in [1.807, 2.05) is 13.2 Å². The first-order chi connectivity index (χ1) is 8.72. The zero-order chi connectivity index (χ0) is 12.5. The number of fused-ring (bicyclic) bond motifs is 1. The van der Waals surface area contributed by atoms with E-state index in [0.717, 1.165) is 18.5 Å². The van der Waals surface area contributed by atoms with Crippen LogP contribution in [0.2, 0.25) is 0 Å². The van der Waals surface area contributed by atoms with Crippen LogP contribution in [0, 0.1) is 5.92 Å². The van der Waals surface area contributed by atoms with Gasteiger partial charge in [0.25, 0.3) is 0 Å². The molecule has 1 aliphatic heterocycles.